The third-order valence-corrected chi connectivity index (χ3v) is 3.08. The van der Waals surface area contributed by atoms with Gasteiger partial charge in [-0.3, -0.25) is 4.98 Å². The van der Waals surface area contributed by atoms with E-state index in [1.807, 2.05) is 32.6 Å². The van der Waals surface area contributed by atoms with E-state index in [1.165, 1.54) is 11.3 Å². The zero-order valence-electron chi connectivity index (χ0n) is 11.6. The van der Waals surface area contributed by atoms with Gasteiger partial charge < -0.3 is 10.2 Å². The van der Waals surface area contributed by atoms with Gasteiger partial charge in [0.05, 0.1) is 17.6 Å². The lowest BCUT2D eigenvalue weighted by Gasteiger charge is -2.17. The number of aryl methyl sites for hydroxylation is 1. The van der Waals surface area contributed by atoms with Crippen molar-refractivity contribution in [3.63, 3.8) is 0 Å². The monoisotopic (exact) mass is 255 g/mol. The fourth-order valence-electron chi connectivity index (χ4n) is 2.07. The van der Waals surface area contributed by atoms with Crippen LogP contribution in [0.1, 0.15) is 12.0 Å². The molecule has 1 heterocycles. The van der Waals surface area contributed by atoms with Crippen LogP contribution in [0.25, 0.3) is 0 Å². The van der Waals surface area contributed by atoms with Crippen molar-refractivity contribution in [3.8, 4) is 0 Å². The highest BCUT2D eigenvalue weighted by Crippen LogP contribution is 2.22. The van der Waals surface area contributed by atoms with Gasteiger partial charge >= 0.3 is 0 Å². The maximum absolute atomic E-state index is 4.18. The van der Waals surface area contributed by atoms with Gasteiger partial charge in [-0.25, -0.2) is 0 Å². The molecule has 1 aromatic heterocycles. The Morgan fingerprint density at radius 1 is 1.11 bits per heavy atom. The summed E-state index contributed by atoms with van der Waals surface area (Å²) < 4.78 is 0. The molecule has 0 saturated heterocycles. The van der Waals surface area contributed by atoms with Crippen LogP contribution in [0, 0.1) is 0 Å². The predicted octanol–water partition coefficient (Wildman–Crippen LogP) is 3.19. The molecule has 0 bridgehead atoms. The highest BCUT2D eigenvalue weighted by molar-refractivity contribution is 5.67. The van der Waals surface area contributed by atoms with Crippen molar-refractivity contribution in [1.29, 1.82) is 0 Å². The Bertz CT molecular complexity index is 494. The van der Waals surface area contributed by atoms with Crippen LogP contribution in [0.5, 0.6) is 0 Å². The summed E-state index contributed by atoms with van der Waals surface area (Å²) in [6.07, 6.45) is 5.93. The molecule has 0 aliphatic rings. The number of nitrogens with one attached hydrogen (secondary N) is 1. The Hall–Kier alpha value is -2.03. The Morgan fingerprint density at radius 3 is 2.63 bits per heavy atom. The van der Waals surface area contributed by atoms with Crippen molar-refractivity contribution in [2.45, 2.75) is 12.8 Å². The number of nitrogens with zero attached hydrogens (tertiary/aromatic N) is 2. The second-order valence-corrected chi connectivity index (χ2v) is 4.80. The summed E-state index contributed by atoms with van der Waals surface area (Å²) in [6.45, 7) is 0.960. The average Bonchev–Trinajstić information content (AvgIpc) is 2.45. The number of benzene rings is 1. The minimum Gasteiger partial charge on any atom is -0.382 e. The first kappa shape index (κ1) is 13.4. The highest BCUT2D eigenvalue weighted by Gasteiger charge is 2.02. The molecule has 0 aliphatic carbocycles. The molecule has 0 spiro atoms. The smallest absolute Gasteiger partial charge is 0.0764 e. The van der Waals surface area contributed by atoms with Crippen LogP contribution >= 0.6 is 0 Å². The summed E-state index contributed by atoms with van der Waals surface area (Å²) in [7, 11) is 4.09. The lowest BCUT2D eigenvalue weighted by Crippen LogP contribution is -2.13. The molecule has 0 aliphatic heterocycles. The van der Waals surface area contributed by atoms with E-state index in [-0.39, 0.29) is 0 Å². The number of hydrogen-bond donors (Lipinski definition) is 1. The van der Waals surface area contributed by atoms with Crippen molar-refractivity contribution < 1.29 is 0 Å². The molecular formula is C16H21N3. The van der Waals surface area contributed by atoms with Crippen LogP contribution in [0.2, 0.25) is 0 Å². The summed E-state index contributed by atoms with van der Waals surface area (Å²) in [4.78, 5) is 6.27. The van der Waals surface area contributed by atoms with Crippen LogP contribution in [0.15, 0.2) is 48.8 Å². The van der Waals surface area contributed by atoms with Crippen LogP contribution in [-0.4, -0.2) is 25.6 Å². The van der Waals surface area contributed by atoms with Gasteiger partial charge in [-0.15, -0.1) is 0 Å². The van der Waals surface area contributed by atoms with Gasteiger partial charge in [-0.05, 0) is 24.5 Å². The number of pyridine rings is 1. The third kappa shape index (κ3) is 3.98. The number of rotatable bonds is 6. The maximum Gasteiger partial charge on any atom is 0.0764 e. The van der Waals surface area contributed by atoms with E-state index in [4.69, 9.17) is 0 Å². The van der Waals surface area contributed by atoms with E-state index in [0.29, 0.717) is 0 Å². The molecule has 19 heavy (non-hydrogen) atoms. The topological polar surface area (TPSA) is 28.2 Å². The van der Waals surface area contributed by atoms with E-state index in [9.17, 15) is 0 Å². The molecule has 0 saturated carbocycles. The summed E-state index contributed by atoms with van der Waals surface area (Å²) in [5, 5.41) is 3.46. The van der Waals surface area contributed by atoms with E-state index in [2.05, 4.69) is 45.5 Å². The number of anilines is 2. The van der Waals surface area contributed by atoms with Crippen molar-refractivity contribution >= 4 is 11.4 Å². The standard InChI is InChI=1S/C16H21N3/c1-19(2)16-10-12-17-13-15(16)18-11-6-9-14-7-4-3-5-8-14/h3-5,7-8,10,12-13,18H,6,9,11H2,1-2H3. The average molecular weight is 255 g/mol. The van der Waals surface area contributed by atoms with Crippen LogP contribution < -0.4 is 10.2 Å². The minimum absolute atomic E-state index is 0.960. The zero-order valence-corrected chi connectivity index (χ0v) is 11.6. The quantitative estimate of drug-likeness (QED) is 0.803. The Balaban J connectivity index is 1.83. The van der Waals surface area contributed by atoms with Crippen LogP contribution in [-0.2, 0) is 6.42 Å². The fourth-order valence-corrected chi connectivity index (χ4v) is 2.07. The highest BCUT2D eigenvalue weighted by atomic mass is 15.1. The second-order valence-electron chi connectivity index (χ2n) is 4.80. The van der Waals surface area contributed by atoms with Crippen molar-refractivity contribution in [1.82, 2.24) is 4.98 Å². The molecule has 3 nitrogen and oxygen atoms in total. The molecule has 3 heteroatoms. The summed E-state index contributed by atoms with van der Waals surface area (Å²) in [6, 6.07) is 12.6. The predicted molar refractivity (Wildman–Crippen MR) is 81.8 cm³/mol. The van der Waals surface area contributed by atoms with E-state index in [1.54, 1.807) is 0 Å². The number of aromatic nitrogens is 1. The summed E-state index contributed by atoms with van der Waals surface area (Å²) >= 11 is 0. The summed E-state index contributed by atoms with van der Waals surface area (Å²) in [5.41, 5.74) is 3.67. The van der Waals surface area contributed by atoms with Gasteiger partial charge in [0.15, 0.2) is 0 Å². The zero-order chi connectivity index (χ0) is 13.5. The largest absolute Gasteiger partial charge is 0.382 e. The molecule has 2 aromatic rings. The normalized spacial score (nSPS) is 10.2. The van der Waals surface area contributed by atoms with Crippen molar-refractivity contribution in [2.75, 3.05) is 30.9 Å². The van der Waals surface area contributed by atoms with E-state index in [0.717, 1.165) is 25.1 Å². The Kier molecular flexibility index (Phi) is 4.78. The molecular weight excluding hydrogens is 234 g/mol. The molecule has 1 N–H and O–H groups in total. The van der Waals surface area contributed by atoms with Crippen LogP contribution in [0.4, 0.5) is 11.4 Å². The molecule has 0 atom stereocenters. The summed E-state index contributed by atoms with van der Waals surface area (Å²) in [5.74, 6) is 0. The van der Waals surface area contributed by atoms with Gasteiger partial charge in [-0.1, -0.05) is 30.3 Å². The first-order chi connectivity index (χ1) is 9.27. The van der Waals surface area contributed by atoms with Gasteiger partial charge in [0.1, 0.15) is 0 Å². The molecule has 2 rings (SSSR count). The van der Waals surface area contributed by atoms with Gasteiger partial charge in [0, 0.05) is 26.8 Å². The van der Waals surface area contributed by atoms with Crippen molar-refractivity contribution in [2.24, 2.45) is 0 Å². The molecule has 100 valence electrons. The molecule has 0 fully saturated rings. The SMILES string of the molecule is CN(C)c1ccncc1NCCCc1ccccc1. The second kappa shape index (κ2) is 6.78. The lowest BCUT2D eigenvalue weighted by atomic mass is 10.1. The lowest BCUT2D eigenvalue weighted by molar-refractivity contribution is 0.861. The molecule has 0 radical (unpaired) electrons. The minimum atomic E-state index is 0.960. The molecule has 0 unspecified atom stereocenters. The maximum atomic E-state index is 4.18. The first-order valence-corrected chi connectivity index (χ1v) is 6.66. The molecule has 0 amide bonds. The Labute approximate surface area is 115 Å². The van der Waals surface area contributed by atoms with Gasteiger partial charge in [-0.2, -0.15) is 0 Å². The van der Waals surface area contributed by atoms with E-state index < -0.39 is 0 Å². The van der Waals surface area contributed by atoms with Gasteiger partial charge in [0.25, 0.3) is 0 Å². The van der Waals surface area contributed by atoms with Crippen LogP contribution in [0.3, 0.4) is 0 Å². The first-order valence-electron chi connectivity index (χ1n) is 6.66. The van der Waals surface area contributed by atoms with E-state index >= 15 is 0 Å². The van der Waals surface area contributed by atoms with Gasteiger partial charge in [0.2, 0.25) is 0 Å². The fraction of sp³-hybridized carbons (Fsp3) is 0.312. The Morgan fingerprint density at radius 2 is 1.89 bits per heavy atom. The third-order valence-electron chi connectivity index (χ3n) is 3.08. The number of hydrogen-bond acceptors (Lipinski definition) is 3. The molecule has 1 aromatic carbocycles. The van der Waals surface area contributed by atoms with Crippen molar-refractivity contribution in [3.05, 3.63) is 54.4 Å².